The van der Waals surface area contributed by atoms with E-state index in [1.165, 1.54) is 49.1 Å². The molecule has 18 heavy (non-hydrogen) atoms. The molecule has 0 spiro atoms. The van der Waals surface area contributed by atoms with Gasteiger partial charge in [-0.1, -0.05) is 6.92 Å². The zero-order valence-electron chi connectivity index (χ0n) is 11.3. The van der Waals surface area contributed by atoms with E-state index in [9.17, 15) is 0 Å². The maximum Gasteiger partial charge on any atom is 0.115 e. The summed E-state index contributed by atoms with van der Waals surface area (Å²) in [4.78, 5) is 9.04. The molecule has 1 saturated carbocycles. The molecule has 1 fully saturated rings. The number of rotatable bonds is 5. The number of aryl methyl sites for hydroxylation is 1. The monoisotopic (exact) mass is 245 g/mol. The average Bonchev–Trinajstić information content (AvgIpc) is 3.23. The van der Waals surface area contributed by atoms with Crippen LogP contribution >= 0.6 is 0 Å². The molecule has 1 aromatic rings. The van der Waals surface area contributed by atoms with Crippen molar-refractivity contribution in [3.05, 3.63) is 23.3 Å². The Morgan fingerprint density at radius 3 is 2.89 bits per heavy atom. The van der Waals surface area contributed by atoms with Gasteiger partial charge in [-0.15, -0.1) is 0 Å². The van der Waals surface area contributed by atoms with Crippen LogP contribution in [0.5, 0.6) is 0 Å². The highest BCUT2D eigenvalue weighted by molar-refractivity contribution is 5.28. The topological polar surface area (TPSA) is 37.8 Å². The van der Waals surface area contributed by atoms with Crippen molar-refractivity contribution in [2.75, 3.05) is 6.54 Å². The van der Waals surface area contributed by atoms with E-state index in [0.717, 1.165) is 25.3 Å². The van der Waals surface area contributed by atoms with E-state index in [0.29, 0.717) is 6.04 Å². The lowest BCUT2D eigenvalue weighted by Gasteiger charge is -2.21. The highest BCUT2D eigenvalue weighted by Gasteiger charge is 2.31. The lowest BCUT2D eigenvalue weighted by Crippen LogP contribution is -2.33. The molecule has 0 radical (unpaired) electrons. The van der Waals surface area contributed by atoms with E-state index < -0.39 is 0 Å². The normalized spacial score (nSPS) is 20.5. The van der Waals surface area contributed by atoms with Crippen LogP contribution < -0.4 is 5.32 Å². The first-order valence-corrected chi connectivity index (χ1v) is 7.43. The first-order valence-electron chi connectivity index (χ1n) is 7.43. The standard InChI is InChI=1S/C15H23N3/c1-2-16-14(11-7-8-11)9-15-12-5-3-4-6-13(12)17-10-18-15/h10-11,14,16H,2-9H2,1H3. The van der Waals surface area contributed by atoms with Gasteiger partial charge in [0, 0.05) is 23.9 Å². The molecule has 3 nitrogen and oxygen atoms in total. The highest BCUT2D eigenvalue weighted by Crippen LogP contribution is 2.34. The number of hydrogen-bond donors (Lipinski definition) is 1. The fourth-order valence-electron chi connectivity index (χ4n) is 3.14. The van der Waals surface area contributed by atoms with E-state index in [4.69, 9.17) is 0 Å². The Hall–Kier alpha value is -0.960. The fourth-order valence-corrected chi connectivity index (χ4v) is 3.14. The fraction of sp³-hybridized carbons (Fsp3) is 0.733. The van der Waals surface area contributed by atoms with Gasteiger partial charge in [-0.2, -0.15) is 0 Å². The second-order valence-corrected chi connectivity index (χ2v) is 5.66. The molecular weight excluding hydrogens is 222 g/mol. The molecule has 1 unspecified atom stereocenters. The van der Waals surface area contributed by atoms with Crippen LogP contribution in [-0.2, 0) is 19.3 Å². The minimum Gasteiger partial charge on any atom is -0.314 e. The second kappa shape index (κ2) is 5.35. The van der Waals surface area contributed by atoms with Crippen LogP contribution in [-0.4, -0.2) is 22.6 Å². The molecule has 98 valence electrons. The zero-order chi connectivity index (χ0) is 12.4. The quantitative estimate of drug-likeness (QED) is 0.865. The maximum absolute atomic E-state index is 4.57. The second-order valence-electron chi connectivity index (χ2n) is 5.66. The Bertz CT molecular complexity index is 412. The van der Waals surface area contributed by atoms with E-state index in [-0.39, 0.29) is 0 Å². The average molecular weight is 245 g/mol. The highest BCUT2D eigenvalue weighted by atomic mass is 14.9. The summed E-state index contributed by atoms with van der Waals surface area (Å²) in [5.74, 6) is 0.888. The van der Waals surface area contributed by atoms with Gasteiger partial charge in [0.05, 0.1) is 0 Å². The Kier molecular flexibility index (Phi) is 3.59. The zero-order valence-corrected chi connectivity index (χ0v) is 11.3. The predicted molar refractivity (Wildman–Crippen MR) is 72.6 cm³/mol. The number of aromatic nitrogens is 2. The molecule has 1 atom stereocenters. The molecular formula is C15H23N3. The van der Waals surface area contributed by atoms with Crippen molar-refractivity contribution < 1.29 is 0 Å². The minimum atomic E-state index is 0.635. The van der Waals surface area contributed by atoms with E-state index in [1.807, 2.05) is 0 Å². The molecule has 1 N–H and O–H groups in total. The van der Waals surface area contributed by atoms with Crippen LogP contribution in [0.25, 0.3) is 0 Å². The van der Waals surface area contributed by atoms with Gasteiger partial charge < -0.3 is 5.32 Å². The van der Waals surface area contributed by atoms with Gasteiger partial charge >= 0.3 is 0 Å². The van der Waals surface area contributed by atoms with Crippen LogP contribution in [0.4, 0.5) is 0 Å². The first-order chi connectivity index (χ1) is 8.88. The number of hydrogen-bond acceptors (Lipinski definition) is 3. The SMILES string of the molecule is CCNC(Cc1ncnc2c1CCCC2)C1CC1. The Balaban J connectivity index is 1.78. The van der Waals surface area contributed by atoms with Crippen LogP contribution in [0.2, 0.25) is 0 Å². The van der Waals surface area contributed by atoms with Gasteiger partial charge in [-0.25, -0.2) is 9.97 Å². The summed E-state index contributed by atoms with van der Waals surface area (Å²) in [6.45, 7) is 3.26. The third-order valence-corrected chi connectivity index (χ3v) is 4.28. The third-order valence-electron chi connectivity index (χ3n) is 4.28. The van der Waals surface area contributed by atoms with Crippen molar-refractivity contribution in [3.8, 4) is 0 Å². The number of likely N-dealkylation sites (N-methyl/N-ethyl adjacent to an activating group) is 1. The molecule has 0 aromatic carbocycles. The molecule has 0 bridgehead atoms. The smallest absolute Gasteiger partial charge is 0.115 e. The van der Waals surface area contributed by atoms with Crippen molar-refractivity contribution in [3.63, 3.8) is 0 Å². The van der Waals surface area contributed by atoms with Crippen LogP contribution in [0.1, 0.15) is 49.6 Å². The van der Waals surface area contributed by atoms with Gasteiger partial charge in [0.1, 0.15) is 6.33 Å². The molecule has 0 amide bonds. The lowest BCUT2D eigenvalue weighted by molar-refractivity contribution is 0.464. The molecule has 2 aliphatic carbocycles. The van der Waals surface area contributed by atoms with Crippen molar-refractivity contribution in [2.24, 2.45) is 5.92 Å². The molecule has 0 aliphatic heterocycles. The van der Waals surface area contributed by atoms with Crippen LogP contribution in [0.15, 0.2) is 6.33 Å². The molecule has 2 aliphatic rings. The maximum atomic E-state index is 4.57. The third kappa shape index (κ3) is 2.56. The van der Waals surface area contributed by atoms with Gasteiger partial charge in [-0.3, -0.25) is 0 Å². The van der Waals surface area contributed by atoms with Crippen molar-refractivity contribution >= 4 is 0 Å². The molecule has 3 rings (SSSR count). The first kappa shape index (κ1) is 12.1. The van der Waals surface area contributed by atoms with Gasteiger partial charge in [0.2, 0.25) is 0 Å². The Morgan fingerprint density at radius 1 is 1.28 bits per heavy atom. The molecule has 1 heterocycles. The van der Waals surface area contributed by atoms with E-state index >= 15 is 0 Å². The summed E-state index contributed by atoms with van der Waals surface area (Å²) in [6, 6.07) is 0.635. The molecule has 3 heteroatoms. The van der Waals surface area contributed by atoms with Crippen molar-refractivity contribution in [1.82, 2.24) is 15.3 Å². The summed E-state index contributed by atoms with van der Waals surface area (Å²) < 4.78 is 0. The summed E-state index contributed by atoms with van der Waals surface area (Å²) in [6.07, 6.45) is 10.6. The number of nitrogens with one attached hydrogen (secondary N) is 1. The van der Waals surface area contributed by atoms with E-state index in [1.54, 1.807) is 6.33 Å². The minimum absolute atomic E-state index is 0.635. The summed E-state index contributed by atoms with van der Waals surface area (Å²) >= 11 is 0. The largest absolute Gasteiger partial charge is 0.314 e. The molecule has 0 saturated heterocycles. The summed E-state index contributed by atoms with van der Waals surface area (Å²) in [5, 5.41) is 3.64. The van der Waals surface area contributed by atoms with E-state index in [2.05, 4.69) is 22.2 Å². The van der Waals surface area contributed by atoms with Gasteiger partial charge in [0.25, 0.3) is 0 Å². The van der Waals surface area contributed by atoms with Crippen LogP contribution in [0, 0.1) is 5.92 Å². The van der Waals surface area contributed by atoms with Crippen molar-refractivity contribution in [2.45, 2.75) is 57.9 Å². The number of fused-ring (bicyclic) bond motifs is 1. The number of nitrogens with zero attached hydrogens (tertiary/aromatic N) is 2. The van der Waals surface area contributed by atoms with Gasteiger partial charge in [0.15, 0.2) is 0 Å². The Morgan fingerprint density at radius 2 is 2.11 bits per heavy atom. The van der Waals surface area contributed by atoms with Crippen molar-refractivity contribution in [1.29, 1.82) is 0 Å². The molecule has 1 aromatic heterocycles. The Labute approximate surface area is 109 Å². The summed E-state index contributed by atoms with van der Waals surface area (Å²) in [7, 11) is 0. The predicted octanol–water partition coefficient (Wildman–Crippen LogP) is 2.29. The van der Waals surface area contributed by atoms with Gasteiger partial charge in [-0.05, 0) is 56.6 Å². The lowest BCUT2D eigenvalue weighted by atomic mass is 9.92. The van der Waals surface area contributed by atoms with Crippen LogP contribution in [0.3, 0.4) is 0 Å². The summed E-state index contributed by atoms with van der Waals surface area (Å²) in [5.41, 5.74) is 4.10.